The summed E-state index contributed by atoms with van der Waals surface area (Å²) in [5.74, 6) is 0.277. The lowest BCUT2D eigenvalue weighted by Gasteiger charge is -2.32. The zero-order valence-electron chi connectivity index (χ0n) is 11.6. The molecule has 1 saturated heterocycles. The number of hydrogen-bond acceptors (Lipinski definition) is 3. The Labute approximate surface area is 119 Å². The first kappa shape index (κ1) is 14.5. The molecule has 0 spiro atoms. The molecular formula is C15H21N3O2. The van der Waals surface area contributed by atoms with E-state index < -0.39 is 0 Å². The van der Waals surface area contributed by atoms with Crippen LogP contribution < -0.4 is 5.73 Å². The molecule has 2 amide bonds. The molecule has 2 N–H and O–H groups in total. The fourth-order valence-corrected chi connectivity index (χ4v) is 2.66. The van der Waals surface area contributed by atoms with Crippen molar-refractivity contribution in [2.24, 2.45) is 11.7 Å². The number of pyridine rings is 1. The minimum Gasteiger partial charge on any atom is -0.370 e. The second kappa shape index (κ2) is 7.03. The molecule has 0 aromatic carbocycles. The molecule has 5 heteroatoms. The third kappa shape index (κ3) is 4.33. The van der Waals surface area contributed by atoms with Gasteiger partial charge in [0, 0.05) is 31.9 Å². The van der Waals surface area contributed by atoms with E-state index in [2.05, 4.69) is 4.98 Å². The molecule has 1 aliphatic heterocycles. The van der Waals surface area contributed by atoms with Crippen LogP contribution in [-0.2, 0) is 16.0 Å². The fraction of sp³-hybridized carbons (Fsp3) is 0.533. The SMILES string of the molecule is NC(=O)CCC1CCCN(C(=O)Cc2cccnc2)C1. The Morgan fingerprint density at radius 2 is 2.30 bits per heavy atom. The van der Waals surface area contributed by atoms with Crippen LogP contribution in [0.1, 0.15) is 31.2 Å². The van der Waals surface area contributed by atoms with Gasteiger partial charge in [0.1, 0.15) is 0 Å². The van der Waals surface area contributed by atoms with Crippen LogP contribution in [0.25, 0.3) is 0 Å². The summed E-state index contributed by atoms with van der Waals surface area (Å²) in [4.78, 5) is 29.0. The van der Waals surface area contributed by atoms with Crippen molar-refractivity contribution in [3.8, 4) is 0 Å². The Bertz CT molecular complexity index is 461. The number of nitrogens with two attached hydrogens (primary N) is 1. The highest BCUT2D eigenvalue weighted by molar-refractivity contribution is 5.78. The molecule has 0 bridgehead atoms. The van der Waals surface area contributed by atoms with Gasteiger partial charge in [-0.3, -0.25) is 14.6 Å². The largest absolute Gasteiger partial charge is 0.370 e. The van der Waals surface area contributed by atoms with Gasteiger partial charge in [-0.15, -0.1) is 0 Å². The molecule has 1 unspecified atom stereocenters. The lowest BCUT2D eigenvalue weighted by molar-refractivity contribution is -0.132. The highest BCUT2D eigenvalue weighted by atomic mass is 16.2. The highest BCUT2D eigenvalue weighted by Crippen LogP contribution is 2.21. The predicted molar refractivity (Wildman–Crippen MR) is 75.7 cm³/mol. The molecule has 20 heavy (non-hydrogen) atoms. The van der Waals surface area contributed by atoms with Crippen LogP contribution in [0.15, 0.2) is 24.5 Å². The minimum absolute atomic E-state index is 0.141. The lowest BCUT2D eigenvalue weighted by atomic mass is 9.93. The van der Waals surface area contributed by atoms with Crippen LogP contribution in [0.3, 0.4) is 0 Å². The van der Waals surface area contributed by atoms with Crippen LogP contribution in [0.2, 0.25) is 0 Å². The van der Waals surface area contributed by atoms with Gasteiger partial charge in [-0.1, -0.05) is 6.07 Å². The molecule has 2 heterocycles. The molecule has 2 rings (SSSR count). The van der Waals surface area contributed by atoms with E-state index in [0.717, 1.165) is 37.9 Å². The maximum Gasteiger partial charge on any atom is 0.227 e. The highest BCUT2D eigenvalue weighted by Gasteiger charge is 2.23. The number of hydrogen-bond donors (Lipinski definition) is 1. The van der Waals surface area contributed by atoms with E-state index in [4.69, 9.17) is 5.73 Å². The monoisotopic (exact) mass is 275 g/mol. The van der Waals surface area contributed by atoms with E-state index in [1.54, 1.807) is 12.4 Å². The van der Waals surface area contributed by atoms with Crippen molar-refractivity contribution in [1.29, 1.82) is 0 Å². The van der Waals surface area contributed by atoms with Gasteiger partial charge in [0.05, 0.1) is 6.42 Å². The van der Waals surface area contributed by atoms with E-state index >= 15 is 0 Å². The summed E-state index contributed by atoms with van der Waals surface area (Å²) in [6, 6.07) is 3.76. The van der Waals surface area contributed by atoms with Crippen LogP contribution in [0, 0.1) is 5.92 Å². The topological polar surface area (TPSA) is 76.3 Å². The van der Waals surface area contributed by atoms with Crippen LogP contribution in [-0.4, -0.2) is 34.8 Å². The van der Waals surface area contributed by atoms with Crippen LogP contribution in [0.5, 0.6) is 0 Å². The van der Waals surface area contributed by atoms with Crippen molar-refractivity contribution in [3.63, 3.8) is 0 Å². The number of carbonyl (C=O) groups is 2. The molecule has 0 radical (unpaired) electrons. The van der Waals surface area contributed by atoms with Crippen molar-refractivity contribution < 1.29 is 9.59 Å². The minimum atomic E-state index is -0.260. The molecule has 5 nitrogen and oxygen atoms in total. The molecule has 0 aliphatic carbocycles. The maximum atomic E-state index is 12.3. The Hall–Kier alpha value is -1.91. The number of primary amides is 1. The van der Waals surface area contributed by atoms with E-state index in [-0.39, 0.29) is 11.8 Å². The van der Waals surface area contributed by atoms with Gasteiger partial charge in [0.15, 0.2) is 0 Å². The van der Waals surface area contributed by atoms with E-state index in [1.807, 2.05) is 17.0 Å². The number of aromatic nitrogens is 1. The van der Waals surface area contributed by atoms with Crippen molar-refractivity contribution >= 4 is 11.8 Å². The first-order valence-corrected chi connectivity index (χ1v) is 7.10. The molecule has 1 fully saturated rings. The summed E-state index contributed by atoms with van der Waals surface area (Å²) in [6.45, 7) is 1.55. The summed E-state index contributed by atoms with van der Waals surface area (Å²) < 4.78 is 0. The first-order valence-electron chi connectivity index (χ1n) is 7.10. The fourth-order valence-electron chi connectivity index (χ4n) is 2.66. The van der Waals surface area contributed by atoms with Gasteiger partial charge < -0.3 is 10.6 Å². The van der Waals surface area contributed by atoms with Crippen molar-refractivity contribution in [2.45, 2.75) is 32.1 Å². The summed E-state index contributed by atoms with van der Waals surface area (Å²) in [7, 11) is 0. The van der Waals surface area contributed by atoms with Gasteiger partial charge >= 0.3 is 0 Å². The summed E-state index contributed by atoms with van der Waals surface area (Å²) >= 11 is 0. The number of likely N-dealkylation sites (tertiary alicyclic amines) is 1. The smallest absolute Gasteiger partial charge is 0.227 e. The number of rotatable bonds is 5. The van der Waals surface area contributed by atoms with Gasteiger partial charge in [-0.05, 0) is 36.8 Å². The first-order chi connectivity index (χ1) is 9.65. The third-order valence-electron chi connectivity index (χ3n) is 3.75. The van der Waals surface area contributed by atoms with Crippen molar-refractivity contribution in [2.75, 3.05) is 13.1 Å². The second-order valence-electron chi connectivity index (χ2n) is 5.39. The van der Waals surface area contributed by atoms with Crippen LogP contribution in [0.4, 0.5) is 0 Å². The molecule has 1 aromatic heterocycles. The Morgan fingerprint density at radius 1 is 1.45 bits per heavy atom. The Morgan fingerprint density at radius 3 is 3.00 bits per heavy atom. The summed E-state index contributed by atoms with van der Waals surface area (Å²) in [5, 5.41) is 0. The quantitative estimate of drug-likeness (QED) is 0.875. The molecule has 108 valence electrons. The summed E-state index contributed by atoms with van der Waals surface area (Å²) in [5.41, 5.74) is 6.12. The second-order valence-corrected chi connectivity index (χ2v) is 5.39. The number of piperidine rings is 1. The van der Waals surface area contributed by atoms with Crippen molar-refractivity contribution in [3.05, 3.63) is 30.1 Å². The Kier molecular flexibility index (Phi) is 5.09. The average molecular weight is 275 g/mol. The third-order valence-corrected chi connectivity index (χ3v) is 3.75. The Balaban J connectivity index is 1.85. The van der Waals surface area contributed by atoms with Gasteiger partial charge in [0.25, 0.3) is 0 Å². The maximum absolute atomic E-state index is 12.3. The van der Waals surface area contributed by atoms with E-state index in [1.165, 1.54) is 0 Å². The molecule has 0 saturated carbocycles. The molecule has 1 aromatic rings. The zero-order chi connectivity index (χ0) is 14.4. The predicted octanol–water partition coefficient (Wildman–Crippen LogP) is 1.13. The molecule has 1 aliphatic rings. The standard InChI is InChI=1S/C15H21N3O2/c16-14(19)6-5-12-4-2-8-18(11-12)15(20)9-13-3-1-7-17-10-13/h1,3,7,10,12H,2,4-6,8-9,11H2,(H2,16,19). The average Bonchev–Trinajstić information content (AvgIpc) is 2.46. The lowest BCUT2D eigenvalue weighted by Crippen LogP contribution is -2.41. The van der Waals surface area contributed by atoms with E-state index in [0.29, 0.717) is 18.8 Å². The zero-order valence-corrected chi connectivity index (χ0v) is 11.6. The van der Waals surface area contributed by atoms with Gasteiger partial charge in [-0.25, -0.2) is 0 Å². The normalized spacial score (nSPS) is 18.8. The number of nitrogens with zero attached hydrogens (tertiary/aromatic N) is 2. The summed E-state index contributed by atoms with van der Waals surface area (Å²) in [6.07, 6.45) is 7.10. The van der Waals surface area contributed by atoms with Crippen molar-refractivity contribution in [1.82, 2.24) is 9.88 Å². The molecule has 1 atom stereocenters. The van der Waals surface area contributed by atoms with Gasteiger partial charge in [0.2, 0.25) is 11.8 Å². The molecular weight excluding hydrogens is 254 g/mol. The van der Waals surface area contributed by atoms with Crippen LogP contribution >= 0.6 is 0 Å². The van der Waals surface area contributed by atoms with E-state index in [9.17, 15) is 9.59 Å². The number of amides is 2. The number of carbonyl (C=O) groups excluding carboxylic acids is 2. The van der Waals surface area contributed by atoms with Gasteiger partial charge in [-0.2, -0.15) is 0 Å².